The molecule has 0 radical (unpaired) electrons. The van der Waals surface area contributed by atoms with Crippen LogP contribution in [0.4, 0.5) is 13.6 Å². The van der Waals surface area contributed by atoms with Gasteiger partial charge >= 0.3 is 5.37 Å². The first-order valence-corrected chi connectivity index (χ1v) is 25.4. The molecule has 19 heteroatoms. The molecule has 0 unspecified atom stereocenters. The number of likely N-dealkylation sites (N-methyl/N-ethyl adjacent to an activating group) is 2. The lowest BCUT2D eigenvalue weighted by Crippen LogP contribution is -2.47. The third-order valence-corrected chi connectivity index (χ3v) is 12.7. The van der Waals surface area contributed by atoms with Crippen LogP contribution in [-0.4, -0.2) is 127 Å². The van der Waals surface area contributed by atoms with Crippen LogP contribution >= 0.6 is 70.4 Å². The van der Waals surface area contributed by atoms with Crippen molar-refractivity contribution in [2.45, 2.75) is 47.1 Å². The fourth-order valence-corrected chi connectivity index (χ4v) is 8.45. The minimum Gasteiger partial charge on any atom is -0.496 e. The summed E-state index contributed by atoms with van der Waals surface area (Å²) in [6.45, 7) is 7.17. The quantitative estimate of drug-likeness (QED) is 0.0726. The van der Waals surface area contributed by atoms with Gasteiger partial charge in [-0.15, -0.1) is 35.6 Å². The molecule has 2 aliphatic rings. The van der Waals surface area contributed by atoms with Crippen molar-refractivity contribution in [2.75, 3.05) is 86.0 Å². The average Bonchev–Trinajstić information content (AvgIpc) is 3.38. The highest BCUT2D eigenvalue weighted by molar-refractivity contribution is 6.62. The van der Waals surface area contributed by atoms with E-state index in [9.17, 15) is 9.59 Å². The van der Waals surface area contributed by atoms with E-state index >= 15 is 8.78 Å². The highest BCUT2D eigenvalue weighted by Gasteiger charge is 2.21. The predicted molar refractivity (Wildman–Crippen MR) is 309 cm³/mol. The summed E-state index contributed by atoms with van der Waals surface area (Å²) in [5.74, 6) is 0.461. The van der Waals surface area contributed by atoms with E-state index in [0.717, 1.165) is 74.9 Å². The summed E-state index contributed by atoms with van der Waals surface area (Å²) >= 11 is 27.0. The summed E-state index contributed by atoms with van der Waals surface area (Å²) in [7, 11) is 7.16. The van der Waals surface area contributed by atoms with Crippen LogP contribution in [0.5, 0.6) is 11.5 Å². The first-order chi connectivity index (χ1) is 34.7. The van der Waals surface area contributed by atoms with E-state index in [-0.39, 0.29) is 55.5 Å². The predicted octanol–water partition coefficient (Wildman–Crippen LogP) is 13.2. The van der Waals surface area contributed by atoms with Crippen LogP contribution < -0.4 is 15.2 Å². The van der Waals surface area contributed by atoms with Gasteiger partial charge < -0.3 is 34.8 Å². The number of benzene rings is 4. The van der Waals surface area contributed by atoms with Crippen LogP contribution in [-0.2, 0) is 30.6 Å². The van der Waals surface area contributed by atoms with E-state index in [1.165, 1.54) is 14.2 Å². The zero-order valence-corrected chi connectivity index (χ0v) is 45.8. The number of pyridine rings is 2. The molecular weight excluding hydrogens is 1090 g/mol. The summed E-state index contributed by atoms with van der Waals surface area (Å²) in [5, 5.41) is 0.953. The Labute approximate surface area is 473 Å². The molecule has 0 spiro atoms. The highest BCUT2D eigenvalue weighted by atomic mass is 35.5. The lowest BCUT2D eigenvalue weighted by molar-refractivity contribution is -0.132. The van der Waals surface area contributed by atoms with Gasteiger partial charge in [0, 0.05) is 106 Å². The van der Waals surface area contributed by atoms with Crippen molar-refractivity contribution in [1.29, 1.82) is 0 Å². The molecule has 2 fully saturated rings. The Kier molecular flexibility index (Phi) is 30.1. The second-order valence-electron chi connectivity index (χ2n) is 17.0. The maximum atomic E-state index is 15.5. The Bertz CT molecular complexity index is 2680. The molecule has 0 bridgehead atoms. The lowest BCUT2D eigenvalue weighted by atomic mass is 9.97. The van der Waals surface area contributed by atoms with Crippen LogP contribution in [0.2, 0.25) is 10.0 Å². The van der Waals surface area contributed by atoms with Gasteiger partial charge in [-0.2, -0.15) is 0 Å². The van der Waals surface area contributed by atoms with Gasteiger partial charge in [-0.1, -0.05) is 86.6 Å². The zero-order valence-electron chi connectivity index (χ0n) is 41.2. The number of aryl methyl sites for hydroxylation is 1. The molecule has 6 aromatic rings. The van der Waals surface area contributed by atoms with Gasteiger partial charge in [0.05, 0.1) is 36.4 Å². The maximum absolute atomic E-state index is 15.5. The van der Waals surface area contributed by atoms with Crippen molar-refractivity contribution in [1.82, 2.24) is 29.6 Å². The number of ether oxygens (including phenoxy) is 2. The largest absolute Gasteiger partial charge is 0.496 e. The molecule has 408 valence electrons. The number of carbonyl (C=O) groups excluding carboxylic acids is 2. The molecule has 2 N–H and O–H groups in total. The number of nitrogens with two attached hydrogens (primary N) is 1. The van der Waals surface area contributed by atoms with Gasteiger partial charge in [-0.3, -0.25) is 19.6 Å². The van der Waals surface area contributed by atoms with E-state index in [2.05, 4.69) is 26.8 Å². The molecule has 0 saturated carbocycles. The average molecular weight is 1150 g/mol. The van der Waals surface area contributed by atoms with Crippen molar-refractivity contribution >= 4 is 81.7 Å². The van der Waals surface area contributed by atoms with Gasteiger partial charge in [-0.25, -0.2) is 8.78 Å². The number of nitrogens with zero attached hydrogens (tertiary/aromatic N) is 6. The molecule has 4 aromatic carbocycles. The number of hydrogen-bond donors (Lipinski definition) is 1. The number of amides is 2. The normalized spacial score (nSPS) is 13.1. The zero-order chi connectivity index (χ0) is 52.2. The van der Waals surface area contributed by atoms with Crippen LogP contribution in [0, 0.1) is 11.6 Å². The molecule has 2 aliphatic heterocycles. The molecular formula is C56H69Cl6F2N7O4. The molecule has 0 atom stereocenters. The molecule has 2 aromatic heterocycles. The third kappa shape index (κ3) is 20.3. The number of carbonyl (C=O) groups is 2. The monoisotopic (exact) mass is 1150 g/mol. The van der Waals surface area contributed by atoms with Crippen molar-refractivity contribution in [3.8, 4) is 33.8 Å². The Morgan fingerprint density at radius 3 is 1.40 bits per heavy atom. The number of halogens is 8. The van der Waals surface area contributed by atoms with Gasteiger partial charge in [0.2, 0.25) is 5.91 Å². The number of alkyl halides is 2. The Morgan fingerprint density at radius 2 is 1.04 bits per heavy atom. The van der Waals surface area contributed by atoms with Crippen molar-refractivity contribution < 1.29 is 27.8 Å². The number of piperazine rings is 2. The summed E-state index contributed by atoms with van der Waals surface area (Å²) in [5.41, 5.74) is 12.3. The second-order valence-corrected chi connectivity index (χ2v) is 19.0. The molecule has 75 heavy (non-hydrogen) atoms. The molecule has 8 rings (SSSR count). The fourth-order valence-electron chi connectivity index (χ4n) is 7.90. The lowest BCUT2D eigenvalue weighted by Gasteiger charge is -2.32. The minimum atomic E-state index is -0.330. The summed E-state index contributed by atoms with van der Waals surface area (Å²) in [6, 6.07) is 28.8. The third-order valence-electron chi connectivity index (χ3n) is 12.0. The van der Waals surface area contributed by atoms with E-state index in [0.29, 0.717) is 87.2 Å². The first kappa shape index (κ1) is 66.3. The van der Waals surface area contributed by atoms with Gasteiger partial charge in [0.1, 0.15) is 23.1 Å². The van der Waals surface area contributed by atoms with Crippen molar-refractivity contribution in [2.24, 2.45) is 5.73 Å². The maximum Gasteiger partial charge on any atom is 0.316 e. The highest BCUT2D eigenvalue weighted by Crippen LogP contribution is 2.37. The van der Waals surface area contributed by atoms with Gasteiger partial charge in [-0.05, 0) is 114 Å². The molecule has 2 amide bonds. The van der Waals surface area contributed by atoms with E-state index in [1.54, 1.807) is 78.0 Å². The summed E-state index contributed by atoms with van der Waals surface area (Å²) in [6.07, 6.45) is 5.37. The van der Waals surface area contributed by atoms with Crippen molar-refractivity contribution in [3.63, 3.8) is 0 Å². The number of hydrogen-bond acceptors (Lipinski definition) is 9. The number of rotatable bonds is 12. The van der Waals surface area contributed by atoms with Gasteiger partial charge in [0.25, 0.3) is 0 Å². The SMILES string of the molecule is C.C.CN1CCN(C(=O)Cl)CC1.COc1ccc(Cc2ccc(CCC(=O)N3CCN(C)CC3)nc2)c(F)c1-c1cccc(Cl)c1.COc1ccc(Cc2ccc(CN)nc2)c(F)c1-c1cccc(Cl)c1.Cl.ClCCl. The Morgan fingerprint density at radius 1 is 0.627 bits per heavy atom. The number of aromatic nitrogens is 2. The smallest absolute Gasteiger partial charge is 0.316 e. The summed E-state index contributed by atoms with van der Waals surface area (Å²) < 4.78 is 41.5. The Balaban J connectivity index is 0.000000411. The fraction of sp³-hybridized carbons (Fsp3) is 0.357. The Hall–Kier alpha value is -4.80. The van der Waals surface area contributed by atoms with Gasteiger partial charge in [0.15, 0.2) is 0 Å². The van der Waals surface area contributed by atoms with Crippen LogP contribution in [0.3, 0.4) is 0 Å². The van der Waals surface area contributed by atoms with E-state index in [4.69, 9.17) is 73.2 Å². The van der Waals surface area contributed by atoms with Crippen molar-refractivity contribution in [3.05, 3.63) is 165 Å². The topological polar surface area (TPSA) is 117 Å². The van der Waals surface area contributed by atoms with Crippen LogP contribution in [0.1, 0.15) is 54.9 Å². The second kappa shape index (κ2) is 34.1. The minimum absolute atomic E-state index is 0. The van der Waals surface area contributed by atoms with E-state index < -0.39 is 0 Å². The standard InChI is InChI=1S/C27H29ClFN3O2.C20H18ClFN2O.C6H11ClN2O.CH2Cl2.2CH4.ClH/c1-31-12-14-32(15-13-31)25(33)11-9-23-8-6-19(18-30-23)16-21-7-10-24(34-2)26(27(21)29)20-4-3-5-22(28)17-20;1-25-18-8-6-15(9-13-5-7-17(11-23)24-12-13)20(22)19(18)14-3-2-4-16(21)10-14;1-8-2-4-9(5-3-8)6(7)10;2-1-3;;;/h3-8,10,17-18H,9,11-16H2,1-2H3;2-8,10,12H,9,11,23H2,1H3;2-5H2,1H3;1H2;2*1H4;1H. The molecule has 0 aliphatic carbocycles. The molecule has 4 heterocycles. The van der Waals surface area contributed by atoms with E-state index in [1.807, 2.05) is 48.3 Å². The molecule has 11 nitrogen and oxygen atoms in total. The van der Waals surface area contributed by atoms with Crippen LogP contribution in [0.25, 0.3) is 22.3 Å². The summed E-state index contributed by atoms with van der Waals surface area (Å²) in [4.78, 5) is 39.8. The number of methoxy groups -OCH3 is 2. The van der Waals surface area contributed by atoms with Crippen LogP contribution in [0.15, 0.2) is 109 Å². The molecule has 2 saturated heterocycles. The first-order valence-electron chi connectivity index (χ1n) is 23.2.